The summed E-state index contributed by atoms with van der Waals surface area (Å²) in [5.41, 5.74) is 6.95. The molecule has 0 aromatic heterocycles. The smallest absolute Gasteiger partial charge is 0.337 e. The fourth-order valence-corrected chi connectivity index (χ4v) is 1.75. The number of hydrogen-bond donors (Lipinski definition) is 3. The molecule has 0 bridgehead atoms. The van der Waals surface area contributed by atoms with Gasteiger partial charge in [-0.1, -0.05) is 6.07 Å². The third kappa shape index (κ3) is 3.64. The normalized spacial score (nSPS) is 12.5. The fourth-order valence-electron chi connectivity index (χ4n) is 1.75. The number of carbonyl (C=O) groups is 1. The van der Waals surface area contributed by atoms with Crippen molar-refractivity contribution in [2.45, 2.75) is 13.0 Å². The van der Waals surface area contributed by atoms with Crippen molar-refractivity contribution in [3.63, 3.8) is 0 Å². The molecule has 5 heteroatoms. The highest BCUT2D eigenvalue weighted by Crippen LogP contribution is 2.24. The van der Waals surface area contributed by atoms with Crippen molar-refractivity contribution in [1.29, 1.82) is 0 Å². The average molecular weight is 237 g/mol. The Morgan fingerprint density at radius 1 is 1.53 bits per heavy atom. The molecule has 1 aromatic carbocycles. The first kappa shape index (κ1) is 13.3. The van der Waals surface area contributed by atoms with E-state index in [0.29, 0.717) is 11.4 Å². The molecule has 0 amide bonds. The summed E-state index contributed by atoms with van der Waals surface area (Å²) < 4.78 is 0. The Balaban J connectivity index is 2.92. The van der Waals surface area contributed by atoms with Gasteiger partial charge in [-0.05, 0) is 33.2 Å². The van der Waals surface area contributed by atoms with Gasteiger partial charge in [-0.2, -0.15) is 0 Å². The lowest BCUT2D eigenvalue weighted by Gasteiger charge is -2.21. The molecule has 5 nitrogen and oxygen atoms in total. The van der Waals surface area contributed by atoms with Crippen LogP contribution in [-0.4, -0.2) is 42.7 Å². The van der Waals surface area contributed by atoms with Crippen LogP contribution in [0.3, 0.4) is 0 Å². The van der Waals surface area contributed by atoms with Gasteiger partial charge in [0.15, 0.2) is 0 Å². The molecule has 0 aliphatic rings. The molecule has 0 saturated heterocycles. The lowest BCUT2D eigenvalue weighted by molar-refractivity contribution is 0.0698. The van der Waals surface area contributed by atoms with E-state index < -0.39 is 5.97 Å². The highest BCUT2D eigenvalue weighted by Gasteiger charge is 2.14. The van der Waals surface area contributed by atoms with E-state index in [1.54, 1.807) is 18.2 Å². The molecule has 1 unspecified atom stereocenters. The Morgan fingerprint density at radius 3 is 2.71 bits per heavy atom. The largest absolute Gasteiger partial charge is 0.478 e. The van der Waals surface area contributed by atoms with Crippen molar-refractivity contribution in [1.82, 2.24) is 4.90 Å². The number of likely N-dealkylation sites (N-methyl/N-ethyl adjacent to an activating group) is 1. The van der Waals surface area contributed by atoms with Crippen LogP contribution in [0.4, 0.5) is 11.4 Å². The Bertz CT molecular complexity index is 405. The van der Waals surface area contributed by atoms with E-state index in [0.717, 1.165) is 6.54 Å². The van der Waals surface area contributed by atoms with Gasteiger partial charge in [-0.25, -0.2) is 4.79 Å². The molecule has 0 saturated carbocycles. The summed E-state index contributed by atoms with van der Waals surface area (Å²) in [5, 5.41) is 12.2. The van der Waals surface area contributed by atoms with E-state index in [9.17, 15) is 4.79 Å². The predicted molar refractivity (Wildman–Crippen MR) is 69.5 cm³/mol. The number of nitrogen functional groups attached to an aromatic ring is 1. The standard InChI is InChI=1S/C12H19N3O2/c1-8(7-15(2)3)14-11-9(12(16)17)5-4-6-10(11)13/h4-6,8,14H,7,13H2,1-3H3,(H,16,17). The summed E-state index contributed by atoms with van der Waals surface area (Å²) in [6.45, 7) is 2.78. The minimum Gasteiger partial charge on any atom is -0.478 e. The fraction of sp³-hybridized carbons (Fsp3) is 0.417. The van der Waals surface area contributed by atoms with E-state index in [4.69, 9.17) is 10.8 Å². The Hall–Kier alpha value is -1.75. The molecule has 0 heterocycles. The Kier molecular flexibility index (Phi) is 4.34. The van der Waals surface area contributed by atoms with E-state index in [1.807, 2.05) is 25.9 Å². The van der Waals surface area contributed by atoms with Crippen molar-refractivity contribution in [2.75, 3.05) is 31.7 Å². The maximum Gasteiger partial charge on any atom is 0.337 e. The van der Waals surface area contributed by atoms with Crippen molar-refractivity contribution in [3.05, 3.63) is 23.8 Å². The summed E-state index contributed by atoms with van der Waals surface area (Å²) >= 11 is 0. The number of benzene rings is 1. The Morgan fingerprint density at radius 2 is 2.18 bits per heavy atom. The Labute approximate surface area is 101 Å². The molecule has 0 spiro atoms. The zero-order valence-corrected chi connectivity index (χ0v) is 10.4. The molecule has 0 radical (unpaired) electrons. The number of rotatable bonds is 5. The third-order valence-electron chi connectivity index (χ3n) is 2.36. The molecule has 17 heavy (non-hydrogen) atoms. The van der Waals surface area contributed by atoms with Gasteiger partial charge in [0, 0.05) is 12.6 Å². The van der Waals surface area contributed by atoms with E-state index >= 15 is 0 Å². The van der Waals surface area contributed by atoms with Gasteiger partial charge in [0.1, 0.15) is 0 Å². The number of hydrogen-bond acceptors (Lipinski definition) is 4. The summed E-state index contributed by atoms with van der Waals surface area (Å²) in [6.07, 6.45) is 0. The quantitative estimate of drug-likeness (QED) is 0.673. The molecule has 0 aliphatic heterocycles. The molecular formula is C12H19N3O2. The first-order valence-corrected chi connectivity index (χ1v) is 5.45. The van der Waals surface area contributed by atoms with Crippen molar-refractivity contribution < 1.29 is 9.90 Å². The third-order valence-corrected chi connectivity index (χ3v) is 2.36. The van der Waals surface area contributed by atoms with E-state index in [2.05, 4.69) is 5.32 Å². The summed E-state index contributed by atoms with van der Waals surface area (Å²) in [4.78, 5) is 13.1. The number of aromatic carboxylic acids is 1. The minimum atomic E-state index is -0.975. The van der Waals surface area contributed by atoms with Crippen molar-refractivity contribution in [3.8, 4) is 0 Å². The zero-order chi connectivity index (χ0) is 13.0. The van der Waals surface area contributed by atoms with Gasteiger partial charge in [0.05, 0.1) is 16.9 Å². The second-order valence-corrected chi connectivity index (χ2v) is 4.38. The lowest BCUT2D eigenvalue weighted by Crippen LogP contribution is -2.30. The lowest BCUT2D eigenvalue weighted by atomic mass is 10.1. The van der Waals surface area contributed by atoms with Gasteiger partial charge in [-0.15, -0.1) is 0 Å². The maximum atomic E-state index is 11.1. The predicted octanol–water partition coefficient (Wildman–Crippen LogP) is 1.33. The van der Waals surface area contributed by atoms with E-state index in [-0.39, 0.29) is 11.6 Å². The van der Waals surface area contributed by atoms with Crippen LogP contribution in [-0.2, 0) is 0 Å². The average Bonchev–Trinajstić information content (AvgIpc) is 2.19. The topological polar surface area (TPSA) is 78.6 Å². The van der Waals surface area contributed by atoms with Gasteiger partial charge < -0.3 is 21.1 Å². The van der Waals surface area contributed by atoms with Crippen LogP contribution >= 0.6 is 0 Å². The highest BCUT2D eigenvalue weighted by atomic mass is 16.4. The first-order valence-electron chi connectivity index (χ1n) is 5.45. The number of nitrogens with zero attached hydrogens (tertiary/aromatic N) is 1. The molecule has 1 atom stereocenters. The van der Waals surface area contributed by atoms with Gasteiger partial charge >= 0.3 is 5.97 Å². The van der Waals surface area contributed by atoms with Crippen LogP contribution in [0.5, 0.6) is 0 Å². The van der Waals surface area contributed by atoms with Gasteiger partial charge in [0.2, 0.25) is 0 Å². The number of anilines is 2. The number of nitrogens with two attached hydrogens (primary N) is 1. The number of para-hydroxylation sites is 1. The second kappa shape index (κ2) is 5.54. The molecular weight excluding hydrogens is 218 g/mol. The van der Waals surface area contributed by atoms with Crippen LogP contribution < -0.4 is 11.1 Å². The van der Waals surface area contributed by atoms with Crippen LogP contribution in [0.15, 0.2) is 18.2 Å². The molecule has 94 valence electrons. The van der Waals surface area contributed by atoms with Crippen molar-refractivity contribution in [2.24, 2.45) is 0 Å². The first-order chi connectivity index (χ1) is 7.91. The maximum absolute atomic E-state index is 11.1. The molecule has 4 N–H and O–H groups in total. The monoisotopic (exact) mass is 237 g/mol. The van der Waals surface area contributed by atoms with Crippen LogP contribution in [0.2, 0.25) is 0 Å². The van der Waals surface area contributed by atoms with Crippen LogP contribution in [0.25, 0.3) is 0 Å². The van der Waals surface area contributed by atoms with Crippen LogP contribution in [0, 0.1) is 0 Å². The van der Waals surface area contributed by atoms with Gasteiger partial charge in [-0.3, -0.25) is 0 Å². The van der Waals surface area contributed by atoms with Crippen LogP contribution in [0.1, 0.15) is 17.3 Å². The molecule has 0 fully saturated rings. The zero-order valence-electron chi connectivity index (χ0n) is 10.4. The number of carboxylic acid groups (broad SMARTS) is 1. The molecule has 1 rings (SSSR count). The van der Waals surface area contributed by atoms with E-state index in [1.165, 1.54) is 0 Å². The molecule has 1 aromatic rings. The second-order valence-electron chi connectivity index (χ2n) is 4.38. The van der Waals surface area contributed by atoms with Crippen molar-refractivity contribution >= 4 is 17.3 Å². The molecule has 0 aliphatic carbocycles. The summed E-state index contributed by atoms with van der Waals surface area (Å²) in [6, 6.07) is 4.99. The van der Waals surface area contributed by atoms with Gasteiger partial charge in [0.25, 0.3) is 0 Å². The summed E-state index contributed by atoms with van der Waals surface area (Å²) in [5.74, 6) is -0.975. The summed E-state index contributed by atoms with van der Waals surface area (Å²) in [7, 11) is 3.93. The highest BCUT2D eigenvalue weighted by molar-refractivity contribution is 5.97. The number of nitrogens with one attached hydrogen (secondary N) is 1. The SMILES string of the molecule is CC(CN(C)C)Nc1c(N)cccc1C(=O)O. The minimum absolute atomic E-state index is 0.118. The number of carboxylic acids is 1.